The first-order valence-electron chi connectivity index (χ1n) is 8.28. The number of nitrogens with zero attached hydrogens (tertiary/aromatic N) is 3. The van der Waals surface area contributed by atoms with Crippen LogP contribution in [0.3, 0.4) is 0 Å². The first-order chi connectivity index (χ1) is 11.7. The van der Waals surface area contributed by atoms with E-state index in [4.69, 9.17) is 17.2 Å². The van der Waals surface area contributed by atoms with Gasteiger partial charge in [0.25, 0.3) is 0 Å². The highest BCUT2D eigenvalue weighted by molar-refractivity contribution is 7.80. The van der Waals surface area contributed by atoms with E-state index in [0.29, 0.717) is 6.42 Å². The molecule has 1 aliphatic rings. The second-order valence-corrected chi connectivity index (χ2v) is 6.21. The lowest BCUT2D eigenvalue weighted by atomic mass is 10.2. The second kappa shape index (κ2) is 7.61. The lowest BCUT2D eigenvalue weighted by molar-refractivity contribution is -0.140. The van der Waals surface area contributed by atoms with E-state index in [0.717, 1.165) is 61.0 Å². The van der Waals surface area contributed by atoms with Crippen LogP contribution in [-0.4, -0.2) is 40.8 Å². The molecule has 0 radical (unpaired) electrons. The third-order valence-corrected chi connectivity index (χ3v) is 4.59. The second-order valence-electron chi connectivity index (χ2n) is 5.82. The van der Waals surface area contributed by atoms with Crippen molar-refractivity contribution in [1.29, 1.82) is 0 Å². The summed E-state index contributed by atoms with van der Waals surface area (Å²) in [6.45, 7) is 2.55. The monoisotopic (exact) mass is 346 g/mol. The van der Waals surface area contributed by atoms with Crippen molar-refractivity contribution in [2.75, 3.05) is 25.1 Å². The molecule has 1 aliphatic heterocycles. The summed E-state index contributed by atoms with van der Waals surface area (Å²) in [5, 5.41) is 4.02. The number of hydrogen-bond donors (Lipinski definition) is 1. The van der Waals surface area contributed by atoms with E-state index in [1.807, 2.05) is 18.2 Å². The molecule has 0 fully saturated rings. The zero-order chi connectivity index (χ0) is 16.9. The zero-order valence-electron chi connectivity index (χ0n) is 13.8. The Hall–Kier alpha value is -2.15. The number of hydrogen-bond acceptors (Lipinski definition) is 4. The molecule has 2 aromatic rings. The standard InChI is InChI=1S/C17H22N4O2S/c1-23-15(22)9-3-2-6-10-18-17(24)21-12-11-20-14-8-5-4-7-13(14)19-16(20)21/h4-5,7-8H,2-3,6,9-12H2,1H3,(H,18,24). The number of ether oxygens (including phenoxy) is 1. The van der Waals surface area contributed by atoms with Crippen LogP contribution in [0.4, 0.5) is 5.95 Å². The van der Waals surface area contributed by atoms with Gasteiger partial charge in [-0.1, -0.05) is 18.6 Å². The van der Waals surface area contributed by atoms with Crippen molar-refractivity contribution in [3.63, 3.8) is 0 Å². The van der Waals surface area contributed by atoms with Gasteiger partial charge in [-0.25, -0.2) is 4.98 Å². The number of nitrogens with one attached hydrogen (secondary N) is 1. The minimum absolute atomic E-state index is 0.144. The predicted octanol–water partition coefficient (Wildman–Crippen LogP) is 2.46. The largest absolute Gasteiger partial charge is 0.469 e. The summed E-state index contributed by atoms with van der Waals surface area (Å²) in [4.78, 5) is 17.8. The summed E-state index contributed by atoms with van der Waals surface area (Å²) >= 11 is 5.52. The fourth-order valence-corrected chi connectivity index (χ4v) is 3.22. The zero-order valence-corrected chi connectivity index (χ0v) is 14.6. The van der Waals surface area contributed by atoms with E-state index in [1.165, 1.54) is 7.11 Å². The first kappa shape index (κ1) is 16.7. The molecule has 0 bridgehead atoms. The third-order valence-electron chi connectivity index (χ3n) is 4.23. The lowest BCUT2D eigenvalue weighted by Gasteiger charge is -2.18. The number of esters is 1. The molecule has 0 unspecified atom stereocenters. The Morgan fingerprint density at radius 3 is 2.96 bits per heavy atom. The first-order valence-corrected chi connectivity index (χ1v) is 8.69. The number of carbonyl (C=O) groups excluding carboxylic acids is 1. The molecule has 24 heavy (non-hydrogen) atoms. The van der Waals surface area contributed by atoms with Gasteiger partial charge in [0, 0.05) is 26.1 Å². The molecule has 1 N–H and O–H groups in total. The Morgan fingerprint density at radius 1 is 1.29 bits per heavy atom. The minimum Gasteiger partial charge on any atom is -0.469 e. The summed E-state index contributed by atoms with van der Waals surface area (Å²) in [5.74, 6) is 0.772. The van der Waals surface area contributed by atoms with Gasteiger partial charge >= 0.3 is 5.97 Å². The van der Waals surface area contributed by atoms with Crippen LogP contribution in [0.5, 0.6) is 0 Å². The maximum absolute atomic E-state index is 11.0. The predicted molar refractivity (Wildman–Crippen MR) is 98.2 cm³/mol. The number of aromatic nitrogens is 2. The fraction of sp³-hybridized carbons (Fsp3) is 0.471. The molecule has 3 rings (SSSR count). The maximum atomic E-state index is 11.0. The number of thiocarbonyl (C=S) groups is 1. The van der Waals surface area contributed by atoms with E-state index in [9.17, 15) is 4.79 Å². The highest BCUT2D eigenvalue weighted by Gasteiger charge is 2.25. The van der Waals surface area contributed by atoms with Gasteiger partial charge in [0.15, 0.2) is 5.11 Å². The molecule has 0 atom stereocenters. The number of anilines is 1. The number of methoxy groups -OCH3 is 1. The molecule has 0 amide bonds. The Labute approximate surface area is 146 Å². The average molecular weight is 346 g/mol. The summed E-state index contributed by atoms with van der Waals surface area (Å²) in [5.41, 5.74) is 2.16. The van der Waals surface area contributed by atoms with Crippen molar-refractivity contribution in [3.05, 3.63) is 24.3 Å². The Kier molecular flexibility index (Phi) is 5.30. The van der Waals surface area contributed by atoms with Crippen LogP contribution in [0, 0.1) is 0 Å². The van der Waals surface area contributed by atoms with Crippen molar-refractivity contribution in [3.8, 4) is 0 Å². The Balaban J connectivity index is 1.48. The molecule has 128 valence electrons. The molecule has 1 aromatic carbocycles. The number of rotatable bonds is 6. The summed E-state index contributed by atoms with van der Waals surface area (Å²) in [6.07, 6.45) is 3.28. The molecule has 2 heterocycles. The van der Waals surface area contributed by atoms with Gasteiger partial charge in [-0.2, -0.15) is 0 Å². The van der Waals surface area contributed by atoms with Gasteiger partial charge in [0.05, 0.1) is 18.1 Å². The average Bonchev–Trinajstić information content (AvgIpc) is 3.16. The van der Waals surface area contributed by atoms with Crippen LogP contribution in [-0.2, 0) is 16.1 Å². The van der Waals surface area contributed by atoms with Crippen molar-refractivity contribution >= 4 is 40.3 Å². The maximum Gasteiger partial charge on any atom is 0.305 e. The van der Waals surface area contributed by atoms with E-state index < -0.39 is 0 Å². The van der Waals surface area contributed by atoms with Gasteiger partial charge in [-0.15, -0.1) is 0 Å². The molecule has 0 saturated heterocycles. The van der Waals surface area contributed by atoms with Crippen molar-refractivity contribution in [1.82, 2.24) is 14.9 Å². The van der Waals surface area contributed by atoms with Gasteiger partial charge in [-0.3, -0.25) is 9.69 Å². The van der Waals surface area contributed by atoms with Crippen molar-refractivity contribution < 1.29 is 9.53 Å². The van der Waals surface area contributed by atoms with Crippen LogP contribution in [0.1, 0.15) is 25.7 Å². The highest BCUT2D eigenvalue weighted by atomic mass is 32.1. The van der Waals surface area contributed by atoms with Crippen LogP contribution in [0.25, 0.3) is 11.0 Å². The number of para-hydroxylation sites is 2. The lowest BCUT2D eigenvalue weighted by Crippen LogP contribution is -2.39. The topological polar surface area (TPSA) is 59.4 Å². The molecular weight excluding hydrogens is 324 g/mol. The quantitative estimate of drug-likeness (QED) is 0.493. The molecule has 7 heteroatoms. The van der Waals surface area contributed by atoms with Gasteiger partial charge in [-0.05, 0) is 37.2 Å². The van der Waals surface area contributed by atoms with E-state index in [2.05, 4.69) is 25.6 Å². The van der Waals surface area contributed by atoms with Crippen LogP contribution < -0.4 is 10.2 Å². The molecule has 0 spiro atoms. The smallest absolute Gasteiger partial charge is 0.305 e. The summed E-state index contributed by atoms with van der Waals surface area (Å²) < 4.78 is 6.84. The molecule has 6 nitrogen and oxygen atoms in total. The SMILES string of the molecule is COC(=O)CCCCCNC(=S)N1CCn2c1nc1ccccc12. The number of fused-ring (bicyclic) bond motifs is 3. The Morgan fingerprint density at radius 2 is 2.12 bits per heavy atom. The normalized spacial score (nSPS) is 13.1. The van der Waals surface area contributed by atoms with Crippen molar-refractivity contribution in [2.24, 2.45) is 0 Å². The number of imidazole rings is 1. The molecule has 0 aliphatic carbocycles. The summed E-state index contributed by atoms with van der Waals surface area (Å²) in [7, 11) is 1.42. The minimum atomic E-state index is -0.144. The molecular formula is C17H22N4O2S. The van der Waals surface area contributed by atoms with Gasteiger partial charge < -0.3 is 14.6 Å². The van der Waals surface area contributed by atoms with Crippen LogP contribution in [0.15, 0.2) is 24.3 Å². The van der Waals surface area contributed by atoms with E-state index >= 15 is 0 Å². The Bertz CT molecular complexity index is 743. The van der Waals surface area contributed by atoms with Crippen LogP contribution in [0.2, 0.25) is 0 Å². The van der Waals surface area contributed by atoms with E-state index in [1.54, 1.807) is 0 Å². The van der Waals surface area contributed by atoms with Gasteiger partial charge in [0.2, 0.25) is 5.95 Å². The highest BCUT2D eigenvalue weighted by Crippen LogP contribution is 2.27. The van der Waals surface area contributed by atoms with Crippen molar-refractivity contribution in [2.45, 2.75) is 32.2 Å². The number of carbonyl (C=O) groups is 1. The van der Waals surface area contributed by atoms with E-state index in [-0.39, 0.29) is 5.97 Å². The fourth-order valence-electron chi connectivity index (χ4n) is 2.95. The number of unbranched alkanes of at least 4 members (excludes halogenated alkanes) is 2. The third kappa shape index (κ3) is 3.51. The van der Waals surface area contributed by atoms with Gasteiger partial charge in [0.1, 0.15) is 0 Å². The number of benzene rings is 1. The summed E-state index contributed by atoms with van der Waals surface area (Å²) in [6, 6.07) is 8.15. The molecule has 0 saturated carbocycles. The van der Waals surface area contributed by atoms with Crippen LogP contribution >= 0.6 is 12.2 Å². The molecule has 1 aromatic heterocycles.